The Hall–Kier alpha value is -4.50. The van der Waals surface area contributed by atoms with E-state index in [9.17, 15) is 18.3 Å². The van der Waals surface area contributed by atoms with Crippen molar-refractivity contribution >= 4 is 21.7 Å². The SMILES string of the molecule is CCCS(=O)(=O)O.COc1cc(CC2=C(c3ccc4c(c3)OCO4)C(=O)OC2(O)c2ccc(OCCCN(C)C)cc2)cc(OC)c1OC. The number of hydrogen-bond donors (Lipinski definition) is 2. The molecule has 0 aromatic heterocycles. The van der Waals surface area contributed by atoms with Gasteiger partial charge in [0.15, 0.2) is 23.0 Å². The van der Waals surface area contributed by atoms with E-state index in [1.807, 2.05) is 14.1 Å². The molecule has 3 aromatic carbocycles. The molecule has 0 saturated carbocycles. The molecule has 5 rings (SSSR count). The molecule has 3 aromatic rings. The standard InChI is InChI=1S/C32H35NO9.C3H8O3S/c1-33(2)13-6-14-39-23-10-8-22(9-11-23)32(35)24(15-20-16-27(36-3)30(38-5)28(17-20)37-4)29(31(34)42-32)21-7-12-25-26(18-21)41-19-40-25;1-2-3-7(4,5)6/h7-12,16-18,35H,6,13-15,19H2,1-5H3;2-3H2,1H3,(H,4,5,6). The van der Waals surface area contributed by atoms with E-state index in [-0.39, 0.29) is 24.5 Å². The van der Waals surface area contributed by atoms with Gasteiger partial charge in [-0.25, -0.2) is 4.79 Å². The van der Waals surface area contributed by atoms with Gasteiger partial charge in [0.2, 0.25) is 12.5 Å². The molecule has 0 spiro atoms. The minimum absolute atomic E-state index is 0.0913. The lowest BCUT2D eigenvalue weighted by Crippen LogP contribution is -2.29. The van der Waals surface area contributed by atoms with Gasteiger partial charge in [0.05, 0.1) is 39.3 Å². The van der Waals surface area contributed by atoms with Crippen LogP contribution in [0, 0.1) is 0 Å². The molecule has 0 bridgehead atoms. The van der Waals surface area contributed by atoms with Crippen molar-refractivity contribution in [1.82, 2.24) is 4.90 Å². The zero-order valence-corrected chi connectivity index (χ0v) is 29.3. The Morgan fingerprint density at radius 3 is 2.12 bits per heavy atom. The van der Waals surface area contributed by atoms with Crippen molar-refractivity contribution in [2.75, 3.05) is 61.1 Å². The molecular weight excluding hydrogens is 658 g/mol. The van der Waals surface area contributed by atoms with E-state index >= 15 is 0 Å². The molecular formula is C35H43NO12S. The maximum absolute atomic E-state index is 13.5. The van der Waals surface area contributed by atoms with Crippen LogP contribution in [0.1, 0.15) is 36.5 Å². The molecule has 0 aliphatic carbocycles. The first-order valence-electron chi connectivity index (χ1n) is 15.5. The number of hydrogen-bond acceptors (Lipinski definition) is 12. The quantitative estimate of drug-likeness (QED) is 0.138. The summed E-state index contributed by atoms with van der Waals surface area (Å²) in [5, 5.41) is 12.1. The second-order valence-electron chi connectivity index (χ2n) is 11.5. The number of carbonyl (C=O) groups excluding carboxylic acids is 1. The number of esters is 1. The van der Waals surface area contributed by atoms with Crippen LogP contribution in [0.3, 0.4) is 0 Å². The van der Waals surface area contributed by atoms with Crippen LogP contribution in [0.5, 0.6) is 34.5 Å². The topological polar surface area (TPSA) is 160 Å². The first kappa shape index (κ1) is 37.3. The van der Waals surface area contributed by atoms with E-state index < -0.39 is 21.9 Å². The van der Waals surface area contributed by atoms with Gasteiger partial charge in [-0.2, -0.15) is 8.42 Å². The molecule has 13 nitrogen and oxygen atoms in total. The number of cyclic esters (lactones) is 1. The highest BCUT2D eigenvalue weighted by Gasteiger charge is 2.48. The molecule has 14 heteroatoms. The van der Waals surface area contributed by atoms with Crippen molar-refractivity contribution in [3.8, 4) is 34.5 Å². The minimum Gasteiger partial charge on any atom is -0.494 e. The lowest BCUT2D eigenvalue weighted by Gasteiger charge is -2.26. The van der Waals surface area contributed by atoms with Crippen LogP contribution in [0.15, 0.2) is 60.2 Å². The lowest BCUT2D eigenvalue weighted by atomic mass is 9.88. The molecule has 266 valence electrons. The summed E-state index contributed by atoms with van der Waals surface area (Å²) in [5.74, 6) is 0.214. The van der Waals surface area contributed by atoms with Crippen molar-refractivity contribution in [3.63, 3.8) is 0 Å². The van der Waals surface area contributed by atoms with E-state index in [4.69, 9.17) is 37.7 Å². The highest BCUT2D eigenvalue weighted by molar-refractivity contribution is 7.85. The molecule has 2 heterocycles. The lowest BCUT2D eigenvalue weighted by molar-refractivity contribution is -0.185. The van der Waals surface area contributed by atoms with Crippen molar-refractivity contribution in [3.05, 3.63) is 76.9 Å². The molecule has 1 atom stereocenters. The predicted octanol–water partition coefficient (Wildman–Crippen LogP) is 4.45. The Morgan fingerprint density at radius 1 is 0.918 bits per heavy atom. The van der Waals surface area contributed by atoms with Gasteiger partial charge in [-0.05, 0) is 86.6 Å². The summed E-state index contributed by atoms with van der Waals surface area (Å²) in [7, 11) is 4.94. The van der Waals surface area contributed by atoms with E-state index in [1.54, 1.807) is 61.5 Å². The summed E-state index contributed by atoms with van der Waals surface area (Å²) >= 11 is 0. The number of ether oxygens (including phenoxy) is 7. The van der Waals surface area contributed by atoms with Crippen LogP contribution in [0.25, 0.3) is 5.57 Å². The van der Waals surface area contributed by atoms with Crippen LogP contribution in [0.4, 0.5) is 0 Å². The third kappa shape index (κ3) is 9.15. The highest BCUT2D eigenvalue weighted by Crippen LogP contribution is 2.48. The molecule has 0 radical (unpaired) electrons. The number of rotatable bonds is 14. The van der Waals surface area contributed by atoms with Crippen LogP contribution in [-0.4, -0.2) is 90.1 Å². The first-order valence-corrected chi connectivity index (χ1v) is 17.2. The largest absolute Gasteiger partial charge is 0.494 e. The molecule has 49 heavy (non-hydrogen) atoms. The summed E-state index contributed by atoms with van der Waals surface area (Å²) in [5.41, 5.74) is 2.20. The van der Waals surface area contributed by atoms with E-state index in [0.29, 0.717) is 69.8 Å². The normalized spacial score (nSPS) is 16.6. The van der Waals surface area contributed by atoms with Crippen LogP contribution >= 0.6 is 0 Å². The third-order valence-corrected chi connectivity index (χ3v) is 8.57. The van der Waals surface area contributed by atoms with Gasteiger partial charge in [-0.3, -0.25) is 4.55 Å². The third-order valence-electron chi connectivity index (χ3n) is 7.65. The van der Waals surface area contributed by atoms with Gasteiger partial charge in [-0.1, -0.05) is 13.0 Å². The number of fused-ring (bicyclic) bond motifs is 1. The molecule has 0 saturated heterocycles. The molecule has 1 unspecified atom stereocenters. The number of aliphatic hydroxyl groups is 1. The fraction of sp³-hybridized carbons (Fsp3) is 0.400. The minimum atomic E-state index is -3.67. The number of carbonyl (C=O) groups is 1. The Bertz CT molecular complexity index is 1730. The Kier molecular flexibility index (Phi) is 12.4. The van der Waals surface area contributed by atoms with Gasteiger partial charge in [0, 0.05) is 24.1 Å². The predicted molar refractivity (Wildman–Crippen MR) is 181 cm³/mol. The first-order chi connectivity index (χ1) is 23.3. The summed E-state index contributed by atoms with van der Waals surface area (Å²) in [6.45, 7) is 3.24. The van der Waals surface area contributed by atoms with Gasteiger partial charge < -0.3 is 43.2 Å². The number of benzene rings is 3. The van der Waals surface area contributed by atoms with E-state index in [0.717, 1.165) is 13.0 Å². The highest BCUT2D eigenvalue weighted by atomic mass is 32.2. The second kappa shape index (κ2) is 16.3. The summed E-state index contributed by atoms with van der Waals surface area (Å²) in [4.78, 5) is 15.6. The van der Waals surface area contributed by atoms with Crippen LogP contribution < -0.4 is 28.4 Å². The van der Waals surface area contributed by atoms with Crippen molar-refractivity contribution in [2.45, 2.75) is 32.0 Å². The van der Waals surface area contributed by atoms with Gasteiger partial charge in [-0.15, -0.1) is 0 Å². The van der Waals surface area contributed by atoms with Crippen molar-refractivity contribution in [1.29, 1.82) is 0 Å². The van der Waals surface area contributed by atoms with Crippen molar-refractivity contribution < 1.29 is 56.0 Å². The molecule has 0 amide bonds. The van der Waals surface area contributed by atoms with Gasteiger partial charge in [0.25, 0.3) is 15.9 Å². The van der Waals surface area contributed by atoms with Gasteiger partial charge in [0.1, 0.15) is 5.75 Å². The Labute approximate surface area is 286 Å². The maximum Gasteiger partial charge on any atom is 0.342 e. The Morgan fingerprint density at radius 2 is 1.57 bits per heavy atom. The second-order valence-corrected chi connectivity index (χ2v) is 13.1. The average Bonchev–Trinajstić information content (AvgIpc) is 3.63. The fourth-order valence-corrected chi connectivity index (χ4v) is 5.89. The zero-order valence-electron chi connectivity index (χ0n) is 28.5. The van der Waals surface area contributed by atoms with Crippen molar-refractivity contribution in [2.24, 2.45) is 0 Å². The summed E-state index contributed by atoms with van der Waals surface area (Å²) in [6.07, 6.45) is 1.47. The maximum atomic E-state index is 13.5. The number of methoxy groups -OCH3 is 3. The van der Waals surface area contributed by atoms with Gasteiger partial charge >= 0.3 is 5.97 Å². The van der Waals surface area contributed by atoms with E-state index in [2.05, 4.69) is 4.90 Å². The zero-order chi connectivity index (χ0) is 35.8. The summed E-state index contributed by atoms with van der Waals surface area (Å²) in [6, 6.07) is 15.7. The smallest absolute Gasteiger partial charge is 0.342 e. The van der Waals surface area contributed by atoms with Crippen LogP contribution in [0.2, 0.25) is 0 Å². The van der Waals surface area contributed by atoms with Crippen LogP contribution in [-0.2, 0) is 31.9 Å². The monoisotopic (exact) mass is 701 g/mol. The number of nitrogens with zero attached hydrogens (tertiary/aromatic N) is 1. The average molecular weight is 702 g/mol. The molecule has 2 aliphatic heterocycles. The summed E-state index contributed by atoms with van der Waals surface area (Å²) < 4.78 is 66.7. The fourth-order valence-electron chi connectivity index (χ4n) is 5.37. The molecule has 2 N–H and O–H groups in total. The Balaban J connectivity index is 0.000000698. The molecule has 0 fully saturated rings. The molecule has 2 aliphatic rings. The van der Waals surface area contributed by atoms with E-state index in [1.165, 1.54) is 21.3 Å².